The highest BCUT2D eigenvalue weighted by molar-refractivity contribution is 5.77. The zero-order valence-electron chi connectivity index (χ0n) is 13.7. The molecule has 122 valence electrons. The van der Waals surface area contributed by atoms with Crippen LogP contribution < -0.4 is 5.56 Å². The molecule has 1 aromatic heterocycles. The Morgan fingerprint density at radius 1 is 1.04 bits per heavy atom. The standard InChI is InChI=1S/C8H8N2O.C8H8O2.C2H6/c1-10-7-5-3-2-4-6(7)8(11)9-10;9-7-10-6-8-4-2-1-3-5-8;1-2/h2-5H,1H3,(H,9,11);1-5,7H,6H2;1-2H3. The average molecular weight is 314 g/mol. The van der Waals surface area contributed by atoms with E-state index >= 15 is 0 Å². The molecule has 0 radical (unpaired) electrons. The fraction of sp³-hybridized carbons (Fsp3) is 0.222. The van der Waals surface area contributed by atoms with Crippen molar-refractivity contribution in [1.82, 2.24) is 9.78 Å². The monoisotopic (exact) mass is 314 g/mol. The lowest BCUT2D eigenvalue weighted by Crippen LogP contribution is -2.01. The van der Waals surface area contributed by atoms with Crippen LogP contribution in [0.2, 0.25) is 0 Å². The fourth-order valence-corrected chi connectivity index (χ4v) is 1.94. The Morgan fingerprint density at radius 2 is 1.65 bits per heavy atom. The zero-order valence-corrected chi connectivity index (χ0v) is 13.7. The van der Waals surface area contributed by atoms with E-state index in [2.05, 4.69) is 9.84 Å². The number of hydrogen-bond donors (Lipinski definition) is 1. The van der Waals surface area contributed by atoms with Crippen molar-refractivity contribution < 1.29 is 9.53 Å². The van der Waals surface area contributed by atoms with Gasteiger partial charge in [-0.2, -0.15) is 0 Å². The van der Waals surface area contributed by atoms with Gasteiger partial charge in [-0.25, -0.2) is 0 Å². The Bertz CT molecular complexity index is 761. The maximum atomic E-state index is 11.1. The normalized spacial score (nSPS) is 9.17. The molecule has 0 amide bonds. The largest absolute Gasteiger partial charge is 0.463 e. The molecular formula is C18H22N2O3. The first-order valence-electron chi connectivity index (χ1n) is 7.45. The summed E-state index contributed by atoms with van der Waals surface area (Å²) in [6.45, 7) is 4.82. The summed E-state index contributed by atoms with van der Waals surface area (Å²) >= 11 is 0. The van der Waals surface area contributed by atoms with E-state index in [4.69, 9.17) is 0 Å². The summed E-state index contributed by atoms with van der Waals surface area (Å²) in [5, 5.41) is 3.42. The second-order valence-corrected chi connectivity index (χ2v) is 4.41. The van der Waals surface area contributed by atoms with Crippen molar-refractivity contribution in [3.63, 3.8) is 0 Å². The summed E-state index contributed by atoms with van der Waals surface area (Å²) < 4.78 is 6.26. The van der Waals surface area contributed by atoms with Gasteiger partial charge in [-0.3, -0.25) is 19.4 Å². The van der Waals surface area contributed by atoms with Gasteiger partial charge in [0.15, 0.2) is 0 Å². The molecule has 1 heterocycles. The number of nitrogens with one attached hydrogen (secondary N) is 1. The Balaban J connectivity index is 0.000000209. The predicted molar refractivity (Wildman–Crippen MR) is 92.2 cm³/mol. The third kappa shape index (κ3) is 5.47. The van der Waals surface area contributed by atoms with E-state index in [-0.39, 0.29) is 5.56 Å². The van der Waals surface area contributed by atoms with E-state index in [1.807, 2.05) is 75.5 Å². The average Bonchev–Trinajstić information content (AvgIpc) is 2.91. The molecule has 1 N–H and O–H groups in total. The maximum Gasteiger partial charge on any atom is 0.293 e. The summed E-state index contributed by atoms with van der Waals surface area (Å²) in [4.78, 5) is 20.9. The molecule has 0 aliphatic heterocycles. The minimum absolute atomic E-state index is 0.0249. The zero-order chi connectivity index (χ0) is 17.1. The molecule has 5 nitrogen and oxygen atoms in total. The molecule has 0 aliphatic carbocycles. The van der Waals surface area contributed by atoms with Crippen molar-refractivity contribution in [3.05, 3.63) is 70.5 Å². The van der Waals surface area contributed by atoms with E-state index in [0.717, 1.165) is 16.5 Å². The van der Waals surface area contributed by atoms with Crippen molar-refractivity contribution >= 4 is 17.4 Å². The quantitative estimate of drug-likeness (QED) is 0.755. The van der Waals surface area contributed by atoms with Gasteiger partial charge in [0.1, 0.15) is 6.61 Å². The highest BCUT2D eigenvalue weighted by Gasteiger charge is 1.99. The maximum absolute atomic E-state index is 11.1. The van der Waals surface area contributed by atoms with Crippen LogP contribution in [-0.4, -0.2) is 16.3 Å². The van der Waals surface area contributed by atoms with Crippen LogP contribution in [0.5, 0.6) is 0 Å². The summed E-state index contributed by atoms with van der Waals surface area (Å²) in [5.41, 5.74) is 1.93. The summed E-state index contributed by atoms with van der Waals surface area (Å²) in [6, 6.07) is 17.0. The van der Waals surface area contributed by atoms with Gasteiger partial charge in [-0.1, -0.05) is 56.3 Å². The third-order valence-electron chi connectivity index (χ3n) is 2.94. The van der Waals surface area contributed by atoms with Gasteiger partial charge in [0.25, 0.3) is 12.0 Å². The van der Waals surface area contributed by atoms with Crippen molar-refractivity contribution in [2.24, 2.45) is 7.05 Å². The van der Waals surface area contributed by atoms with E-state index < -0.39 is 0 Å². The summed E-state index contributed by atoms with van der Waals surface area (Å²) in [6.07, 6.45) is 0. The molecule has 0 spiro atoms. The third-order valence-corrected chi connectivity index (χ3v) is 2.94. The first kappa shape index (κ1) is 18.2. The number of nitrogens with zero attached hydrogens (tertiary/aromatic N) is 1. The lowest BCUT2D eigenvalue weighted by molar-refractivity contribution is -0.129. The lowest BCUT2D eigenvalue weighted by atomic mass is 10.2. The predicted octanol–water partition coefficient (Wildman–Crippen LogP) is 3.25. The number of carbonyl (C=O) groups is 1. The Hall–Kier alpha value is -2.82. The molecule has 0 aliphatic rings. The number of fused-ring (bicyclic) bond motifs is 1. The van der Waals surface area contributed by atoms with Gasteiger partial charge < -0.3 is 4.74 Å². The molecule has 0 bridgehead atoms. The van der Waals surface area contributed by atoms with Crippen LogP contribution in [0.3, 0.4) is 0 Å². The molecule has 3 aromatic rings. The van der Waals surface area contributed by atoms with Crippen LogP contribution in [0.25, 0.3) is 10.9 Å². The minimum Gasteiger partial charge on any atom is -0.463 e. The number of rotatable bonds is 3. The molecule has 23 heavy (non-hydrogen) atoms. The summed E-state index contributed by atoms with van der Waals surface area (Å²) in [5.74, 6) is 0. The number of benzene rings is 2. The number of para-hydroxylation sites is 1. The van der Waals surface area contributed by atoms with Gasteiger partial charge >= 0.3 is 0 Å². The molecule has 0 saturated heterocycles. The van der Waals surface area contributed by atoms with Crippen molar-refractivity contribution in [2.75, 3.05) is 0 Å². The van der Waals surface area contributed by atoms with Gasteiger partial charge in [-0.15, -0.1) is 0 Å². The van der Waals surface area contributed by atoms with Gasteiger partial charge in [0.05, 0.1) is 10.9 Å². The lowest BCUT2D eigenvalue weighted by Gasteiger charge is -1.95. The van der Waals surface area contributed by atoms with E-state index in [1.165, 1.54) is 0 Å². The second-order valence-electron chi connectivity index (χ2n) is 4.41. The highest BCUT2D eigenvalue weighted by Crippen LogP contribution is 2.05. The van der Waals surface area contributed by atoms with E-state index in [0.29, 0.717) is 13.1 Å². The number of aromatic amines is 1. The second kappa shape index (κ2) is 10.00. The van der Waals surface area contributed by atoms with Crippen LogP contribution in [0, 0.1) is 0 Å². The molecule has 0 unspecified atom stereocenters. The first-order chi connectivity index (χ1) is 11.2. The molecule has 0 fully saturated rings. The number of aromatic nitrogens is 2. The highest BCUT2D eigenvalue weighted by atomic mass is 16.5. The first-order valence-corrected chi connectivity index (χ1v) is 7.45. The van der Waals surface area contributed by atoms with Crippen LogP contribution in [0.4, 0.5) is 0 Å². The SMILES string of the molecule is CC.Cn1[nH]c(=O)c2ccccc21.O=COCc1ccccc1. The minimum atomic E-state index is -0.0249. The van der Waals surface area contributed by atoms with E-state index in [1.54, 1.807) is 4.68 Å². The number of hydrogen-bond acceptors (Lipinski definition) is 3. The summed E-state index contributed by atoms with van der Waals surface area (Å²) in [7, 11) is 1.82. The van der Waals surface area contributed by atoms with Crippen LogP contribution >= 0.6 is 0 Å². The number of carbonyl (C=O) groups excluding carboxylic acids is 1. The molecule has 0 saturated carbocycles. The Labute approximate surface area is 135 Å². The van der Waals surface area contributed by atoms with Crippen LogP contribution in [-0.2, 0) is 23.2 Å². The van der Waals surface area contributed by atoms with Crippen molar-refractivity contribution in [2.45, 2.75) is 20.5 Å². The van der Waals surface area contributed by atoms with Gasteiger partial charge in [0.2, 0.25) is 0 Å². The van der Waals surface area contributed by atoms with Crippen molar-refractivity contribution in [1.29, 1.82) is 0 Å². The van der Waals surface area contributed by atoms with Crippen LogP contribution in [0.1, 0.15) is 19.4 Å². The molecule has 2 aromatic carbocycles. The molecule has 5 heteroatoms. The van der Waals surface area contributed by atoms with Crippen molar-refractivity contribution in [3.8, 4) is 0 Å². The smallest absolute Gasteiger partial charge is 0.293 e. The van der Waals surface area contributed by atoms with Gasteiger partial charge in [0, 0.05) is 7.05 Å². The molecular weight excluding hydrogens is 292 g/mol. The number of ether oxygens (including phenoxy) is 1. The number of H-pyrrole nitrogens is 1. The molecule has 3 rings (SSSR count). The molecule has 0 atom stereocenters. The van der Waals surface area contributed by atoms with Crippen LogP contribution in [0.15, 0.2) is 59.4 Å². The Kier molecular flexibility index (Phi) is 7.92. The Morgan fingerprint density at radius 3 is 2.26 bits per heavy atom. The number of aryl methyl sites for hydroxylation is 1. The van der Waals surface area contributed by atoms with E-state index in [9.17, 15) is 9.59 Å². The van der Waals surface area contributed by atoms with Gasteiger partial charge in [-0.05, 0) is 17.7 Å². The fourth-order valence-electron chi connectivity index (χ4n) is 1.94. The topological polar surface area (TPSA) is 64.1 Å².